The van der Waals surface area contributed by atoms with Crippen molar-refractivity contribution in [3.05, 3.63) is 25.3 Å². The first-order chi connectivity index (χ1) is 7.95. The van der Waals surface area contributed by atoms with Crippen molar-refractivity contribution < 1.29 is 4.74 Å². The van der Waals surface area contributed by atoms with Crippen LogP contribution in [0.2, 0.25) is 0 Å². The predicted molar refractivity (Wildman–Crippen MR) is 75.8 cm³/mol. The van der Waals surface area contributed by atoms with E-state index in [9.17, 15) is 0 Å². The molecule has 1 unspecified atom stereocenters. The van der Waals surface area contributed by atoms with Crippen LogP contribution in [0, 0.1) is 17.8 Å². The third-order valence-electron chi connectivity index (χ3n) is 3.20. The zero-order valence-corrected chi connectivity index (χ0v) is 11.6. The molecule has 1 nitrogen and oxygen atoms in total. The second-order valence-electron chi connectivity index (χ2n) is 5.34. The van der Waals surface area contributed by atoms with E-state index >= 15 is 0 Å². The molecule has 0 aliphatic rings. The van der Waals surface area contributed by atoms with Gasteiger partial charge in [-0.3, -0.25) is 0 Å². The smallest absolute Gasteiger partial charge is 0.128 e. The Morgan fingerprint density at radius 2 is 1.71 bits per heavy atom. The van der Waals surface area contributed by atoms with E-state index in [1.54, 1.807) is 7.11 Å². The van der Waals surface area contributed by atoms with E-state index in [-0.39, 0.29) is 5.41 Å². The third-order valence-corrected chi connectivity index (χ3v) is 3.20. The van der Waals surface area contributed by atoms with Gasteiger partial charge in [0.05, 0.1) is 0 Å². The summed E-state index contributed by atoms with van der Waals surface area (Å²) in [6.07, 6.45) is 14.2. The monoisotopic (exact) mass is 234 g/mol. The fourth-order valence-corrected chi connectivity index (χ4v) is 2.13. The third kappa shape index (κ3) is 5.75. The van der Waals surface area contributed by atoms with Crippen molar-refractivity contribution in [1.29, 1.82) is 0 Å². The van der Waals surface area contributed by atoms with Crippen molar-refractivity contribution in [3.8, 4) is 12.3 Å². The van der Waals surface area contributed by atoms with Crippen LogP contribution < -0.4 is 0 Å². The highest BCUT2D eigenvalue weighted by atomic mass is 16.5. The quantitative estimate of drug-likeness (QED) is 0.425. The standard InChI is InChI=1S/C16H26O/c1-7-10-12-15(4,5)14-16(9-3,17-6)13-11-8-2/h3,7-8H,1-2,10-14H2,4-6H3. The van der Waals surface area contributed by atoms with Crippen molar-refractivity contribution in [3.63, 3.8) is 0 Å². The van der Waals surface area contributed by atoms with Gasteiger partial charge in [0.2, 0.25) is 0 Å². The molecule has 0 spiro atoms. The summed E-state index contributed by atoms with van der Waals surface area (Å²) in [5.41, 5.74) is -0.295. The average molecular weight is 234 g/mol. The molecular weight excluding hydrogens is 208 g/mol. The van der Waals surface area contributed by atoms with Crippen LogP contribution >= 0.6 is 0 Å². The van der Waals surface area contributed by atoms with Crippen LogP contribution in [0.4, 0.5) is 0 Å². The fraction of sp³-hybridized carbons (Fsp3) is 0.625. The van der Waals surface area contributed by atoms with E-state index in [0.29, 0.717) is 0 Å². The lowest BCUT2D eigenvalue weighted by atomic mass is 9.75. The van der Waals surface area contributed by atoms with Gasteiger partial charge in [-0.1, -0.05) is 31.9 Å². The molecule has 0 fully saturated rings. The SMILES string of the molecule is C#CC(CCC=C)(CC(C)(C)CCC=C)OC. The molecule has 0 aromatic rings. The zero-order chi connectivity index (χ0) is 13.4. The fourth-order valence-electron chi connectivity index (χ4n) is 2.13. The Kier molecular flexibility index (Phi) is 6.92. The van der Waals surface area contributed by atoms with Gasteiger partial charge in [-0.05, 0) is 37.5 Å². The number of ether oxygens (including phenoxy) is 1. The van der Waals surface area contributed by atoms with Crippen LogP contribution in [0.25, 0.3) is 0 Å². The lowest BCUT2D eigenvalue weighted by Crippen LogP contribution is -2.35. The molecule has 0 aromatic carbocycles. The molecule has 1 heteroatoms. The van der Waals surface area contributed by atoms with Crippen molar-refractivity contribution in [2.24, 2.45) is 5.41 Å². The first kappa shape index (κ1) is 16.0. The van der Waals surface area contributed by atoms with Crippen LogP contribution in [-0.2, 0) is 4.74 Å². The van der Waals surface area contributed by atoms with Crippen LogP contribution in [0.15, 0.2) is 25.3 Å². The summed E-state index contributed by atoms with van der Waals surface area (Å²) in [5, 5.41) is 0. The Balaban J connectivity index is 4.67. The average Bonchev–Trinajstić information content (AvgIpc) is 2.32. The molecule has 0 saturated heterocycles. The molecule has 96 valence electrons. The summed E-state index contributed by atoms with van der Waals surface area (Å²) >= 11 is 0. The maximum absolute atomic E-state index is 5.67. The number of terminal acetylenes is 1. The number of methoxy groups -OCH3 is 1. The first-order valence-electron chi connectivity index (χ1n) is 6.20. The molecule has 17 heavy (non-hydrogen) atoms. The van der Waals surface area contributed by atoms with Gasteiger partial charge < -0.3 is 4.74 Å². The summed E-state index contributed by atoms with van der Waals surface area (Å²) in [6, 6.07) is 0. The lowest BCUT2D eigenvalue weighted by molar-refractivity contribution is -0.00305. The van der Waals surface area contributed by atoms with Crippen molar-refractivity contribution in [2.75, 3.05) is 7.11 Å². The van der Waals surface area contributed by atoms with Crippen LogP contribution in [0.5, 0.6) is 0 Å². The second kappa shape index (κ2) is 7.35. The van der Waals surface area contributed by atoms with Gasteiger partial charge >= 0.3 is 0 Å². The summed E-state index contributed by atoms with van der Waals surface area (Å²) in [6.45, 7) is 12.0. The molecule has 1 atom stereocenters. The Labute approximate surface area is 107 Å². The van der Waals surface area contributed by atoms with E-state index in [0.717, 1.165) is 32.1 Å². The van der Waals surface area contributed by atoms with E-state index in [2.05, 4.69) is 32.9 Å². The van der Waals surface area contributed by atoms with Gasteiger partial charge in [-0.25, -0.2) is 0 Å². The van der Waals surface area contributed by atoms with E-state index < -0.39 is 5.60 Å². The van der Waals surface area contributed by atoms with E-state index in [1.807, 2.05) is 12.2 Å². The molecule has 0 heterocycles. The highest BCUT2D eigenvalue weighted by Gasteiger charge is 2.33. The van der Waals surface area contributed by atoms with Crippen LogP contribution in [-0.4, -0.2) is 12.7 Å². The second-order valence-corrected chi connectivity index (χ2v) is 5.34. The minimum Gasteiger partial charge on any atom is -0.366 e. The normalized spacial score (nSPS) is 14.7. The highest BCUT2D eigenvalue weighted by molar-refractivity contribution is 5.11. The zero-order valence-electron chi connectivity index (χ0n) is 11.6. The van der Waals surface area contributed by atoms with Gasteiger partial charge in [0.25, 0.3) is 0 Å². The van der Waals surface area contributed by atoms with Gasteiger partial charge in [0.15, 0.2) is 0 Å². The van der Waals surface area contributed by atoms with Crippen LogP contribution in [0.3, 0.4) is 0 Å². The molecule has 0 aliphatic carbocycles. The van der Waals surface area contributed by atoms with Gasteiger partial charge in [0.1, 0.15) is 5.60 Å². The summed E-state index contributed by atoms with van der Waals surface area (Å²) in [7, 11) is 1.70. The lowest BCUT2D eigenvalue weighted by Gasteiger charge is -2.35. The molecule has 0 saturated carbocycles. The van der Waals surface area contributed by atoms with Crippen LogP contribution in [0.1, 0.15) is 46.0 Å². The molecule has 0 aromatic heterocycles. The molecule has 0 N–H and O–H groups in total. The maximum Gasteiger partial charge on any atom is 0.128 e. The van der Waals surface area contributed by atoms with Gasteiger partial charge in [0, 0.05) is 7.11 Å². The molecular formula is C16H26O. The van der Waals surface area contributed by atoms with Crippen molar-refractivity contribution >= 4 is 0 Å². The molecule has 0 amide bonds. The topological polar surface area (TPSA) is 9.23 Å². The summed E-state index contributed by atoms with van der Waals surface area (Å²) in [4.78, 5) is 0. The molecule has 0 bridgehead atoms. The van der Waals surface area contributed by atoms with Gasteiger partial charge in [-0.2, -0.15) is 0 Å². The number of hydrogen-bond acceptors (Lipinski definition) is 1. The van der Waals surface area contributed by atoms with Crippen molar-refractivity contribution in [2.45, 2.75) is 51.6 Å². The maximum atomic E-state index is 5.67. The minimum absolute atomic E-state index is 0.164. The molecule has 0 rings (SSSR count). The minimum atomic E-state index is -0.459. The number of rotatable bonds is 9. The van der Waals surface area contributed by atoms with Gasteiger partial charge in [-0.15, -0.1) is 19.6 Å². The van der Waals surface area contributed by atoms with Crippen molar-refractivity contribution in [1.82, 2.24) is 0 Å². The molecule has 0 radical (unpaired) electrons. The Morgan fingerprint density at radius 3 is 2.12 bits per heavy atom. The number of allylic oxidation sites excluding steroid dienone is 2. The van der Waals surface area contributed by atoms with E-state index in [1.165, 1.54) is 0 Å². The number of hydrogen-bond donors (Lipinski definition) is 0. The first-order valence-corrected chi connectivity index (χ1v) is 6.20. The Hall–Kier alpha value is -1.00. The van der Waals surface area contributed by atoms with E-state index in [4.69, 9.17) is 11.2 Å². The largest absolute Gasteiger partial charge is 0.366 e. The summed E-state index contributed by atoms with van der Waals surface area (Å²) < 4.78 is 5.60. The Morgan fingerprint density at radius 1 is 1.18 bits per heavy atom. The molecule has 0 aliphatic heterocycles. The predicted octanol–water partition coefficient (Wildman–Crippen LogP) is 4.35. The Bertz CT molecular complexity index is 282. The summed E-state index contributed by atoms with van der Waals surface area (Å²) in [5.74, 6) is 2.84. The highest BCUT2D eigenvalue weighted by Crippen LogP contribution is 2.36.